The molecule has 0 saturated heterocycles. The van der Waals surface area contributed by atoms with E-state index in [0.717, 1.165) is 41.2 Å². The number of halogens is 1. The number of nitrogens with zero attached hydrogens (tertiary/aromatic N) is 5. The predicted molar refractivity (Wildman–Crippen MR) is 117 cm³/mol. The SMILES string of the molecule is CCCc1noc(CN(C)Cc2cn(-c3ccccc3)nc2-c2ccc(Cl)cc2)n1. The van der Waals surface area contributed by atoms with Crippen molar-refractivity contribution in [2.24, 2.45) is 0 Å². The third kappa shape index (κ3) is 4.78. The zero-order valence-corrected chi connectivity index (χ0v) is 17.9. The van der Waals surface area contributed by atoms with Crippen molar-refractivity contribution < 1.29 is 4.52 Å². The number of rotatable bonds is 8. The Morgan fingerprint density at radius 3 is 2.53 bits per heavy atom. The highest BCUT2D eigenvalue weighted by Crippen LogP contribution is 2.26. The zero-order chi connectivity index (χ0) is 20.9. The molecule has 0 spiro atoms. The van der Waals surface area contributed by atoms with Crippen LogP contribution in [0.1, 0.15) is 30.6 Å². The van der Waals surface area contributed by atoms with E-state index in [4.69, 9.17) is 21.2 Å². The number of hydrogen-bond donors (Lipinski definition) is 0. The van der Waals surface area contributed by atoms with Crippen LogP contribution in [-0.2, 0) is 19.5 Å². The minimum atomic E-state index is 0.577. The maximum atomic E-state index is 6.08. The number of benzene rings is 2. The molecule has 2 heterocycles. The lowest BCUT2D eigenvalue weighted by atomic mass is 10.1. The van der Waals surface area contributed by atoms with Gasteiger partial charge in [0.05, 0.1) is 17.9 Å². The minimum absolute atomic E-state index is 0.577. The molecule has 30 heavy (non-hydrogen) atoms. The Morgan fingerprint density at radius 1 is 1.03 bits per heavy atom. The first-order chi connectivity index (χ1) is 14.6. The Balaban J connectivity index is 1.60. The number of hydrogen-bond acceptors (Lipinski definition) is 5. The molecule has 0 aliphatic heterocycles. The van der Waals surface area contributed by atoms with Gasteiger partial charge in [-0.2, -0.15) is 10.1 Å². The summed E-state index contributed by atoms with van der Waals surface area (Å²) in [6.45, 7) is 3.37. The Morgan fingerprint density at radius 2 is 1.80 bits per heavy atom. The topological polar surface area (TPSA) is 60.0 Å². The van der Waals surface area contributed by atoms with E-state index in [-0.39, 0.29) is 0 Å². The van der Waals surface area contributed by atoms with Gasteiger partial charge in [-0.3, -0.25) is 4.90 Å². The van der Waals surface area contributed by atoms with Crippen molar-refractivity contribution >= 4 is 11.6 Å². The lowest BCUT2D eigenvalue weighted by molar-refractivity contribution is 0.260. The largest absolute Gasteiger partial charge is 0.338 e. The van der Waals surface area contributed by atoms with Gasteiger partial charge in [-0.1, -0.05) is 54.0 Å². The molecule has 2 aromatic carbocycles. The molecule has 154 valence electrons. The molecule has 6 nitrogen and oxygen atoms in total. The molecular formula is C23H24ClN5O. The van der Waals surface area contributed by atoms with Crippen LogP contribution in [0.5, 0.6) is 0 Å². The van der Waals surface area contributed by atoms with Crippen LogP contribution in [0.2, 0.25) is 5.02 Å². The van der Waals surface area contributed by atoms with Crippen molar-refractivity contribution in [2.45, 2.75) is 32.9 Å². The molecule has 0 atom stereocenters. The quantitative estimate of drug-likeness (QED) is 0.393. The van der Waals surface area contributed by atoms with Crippen molar-refractivity contribution in [3.8, 4) is 16.9 Å². The summed E-state index contributed by atoms with van der Waals surface area (Å²) in [5.74, 6) is 1.39. The van der Waals surface area contributed by atoms with Gasteiger partial charge >= 0.3 is 0 Å². The van der Waals surface area contributed by atoms with Gasteiger partial charge in [-0.25, -0.2) is 4.68 Å². The monoisotopic (exact) mass is 421 g/mol. The summed E-state index contributed by atoms with van der Waals surface area (Å²) in [6.07, 6.45) is 3.90. The molecule has 0 bridgehead atoms. The number of aryl methyl sites for hydroxylation is 1. The molecule has 0 fully saturated rings. The molecule has 0 aliphatic carbocycles. The van der Waals surface area contributed by atoms with Crippen LogP contribution >= 0.6 is 11.6 Å². The first-order valence-corrected chi connectivity index (χ1v) is 10.4. The van der Waals surface area contributed by atoms with E-state index < -0.39 is 0 Å². The Kier molecular flexibility index (Phi) is 6.26. The number of aromatic nitrogens is 4. The van der Waals surface area contributed by atoms with Crippen molar-refractivity contribution in [3.63, 3.8) is 0 Å². The molecule has 7 heteroatoms. The molecule has 0 amide bonds. The summed E-state index contributed by atoms with van der Waals surface area (Å²) >= 11 is 6.08. The van der Waals surface area contributed by atoms with Gasteiger partial charge in [0.1, 0.15) is 0 Å². The van der Waals surface area contributed by atoms with Crippen LogP contribution in [0, 0.1) is 0 Å². The molecule has 0 saturated carbocycles. The van der Waals surface area contributed by atoms with Gasteiger partial charge in [0, 0.05) is 35.3 Å². The van der Waals surface area contributed by atoms with E-state index in [0.29, 0.717) is 24.0 Å². The summed E-state index contributed by atoms with van der Waals surface area (Å²) in [4.78, 5) is 6.62. The molecular weight excluding hydrogens is 398 g/mol. The number of para-hydroxylation sites is 1. The van der Waals surface area contributed by atoms with Gasteiger partial charge in [-0.05, 0) is 37.7 Å². The van der Waals surface area contributed by atoms with E-state index >= 15 is 0 Å². The molecule has 4 aromatic rings. The highest BCUT2D eigenvalue weighted by Gasteiger charge is 2.16. The predicted octanol–water partition coefficient (Wildman–Crippen LogP) is 5.16. The third-order valence-corrected chi connectivity index (χ3v) is 5.01. The van der Waals surface area contributed by atoms with Crippen LogP contribution in [0.25, 0.3) is 16.9 Å². The average Bonchev–Trinajstić information content (AvgIpc) is 3.36. The fourth-order valence-electron chi connectivity index (χ4n) is 3.35. The second-order valence-corrected chi connectivity index (χ2v) is 7.75. The van der Waals surface area contributed by atoms with Crippen LogP contribution in [0.3, 0.4) is 0 Å². The summed E-state index contributed by atoms with van der Waals surface area (Å²) in [7, 11) is 2.04. The van der Waals surface area contributed by atoms with E-state index in [2.05, 4.69) is 28.2 Å². The maximum absolute atomic E-state index is 6.08. The van der Waals surface area contributed by atoms with E-state index in [1.165, 1.54) is 0 Å². The van der Waals surface area contributed by atoms with Gasteiger partial charge in [0.25, 0.3) is 0 Å². The standard InChI is InChI=1S/C23H24ClN5O/c1-3-7-21-25-22(30-27-21)16-28(2)14-18-15-29(20-8-5-4-6-9-20)26-23(18)17-10-12-19(24)13-11-17/h4-6,8-13,15H,3,7,14,16H2,1-2H3. The van der Waals surface area contributed by atoms with Crippen LogP contribution < -0.4 is 0 Å². The van der Waals surface area contributed by atoms with E-state index in [9.17, 15) is 0 Å². The van der Waals surface area contributed by atoms with Crippen molar-refractivity contribution in [3.05, 3.63) is 83.1 Å². The Hall–Kier alpha value is -2.96. The second-order valence-electron chi connectivity index (χ2n) is 7.32. The molecule has 0 radical (unpaired) electrons. The van der Waals surface area contributed by atoms with Gasteiger partial charge in [-0.15, -0.1) is 0 Å². The molecule has 0 unspecified atom stereocenters. The Bertz CT molecular complexity index is 1090. The molecule has 4 rings (SSSR count). The smallest absolute Gasteiger partial charge is 0.240 e. The Labute approximate surface area is 181 Å². The summed E-state index contributed by atoms with van der Waals surface area (Å²) in [5.41, 5.74) is 4.08. The van der Waals surface area contributed by atoms with Crippen LogP contribution in [-0.4, -0.2) is 31.9 Å². The normalized spacial score (nSPS) is 11.3. The van der Waals surface area contributed by atoms with E-state index in [1.807, 2.05) is 66.3 Å². The first kappa shape index (κ1) is 20.3. The van der Waals surface area contributed by atoms with Gasteiger partial charge < -0.3 is 4.52 Å². The molecule has 0 aliphatic rings. The van der Waals surface area contributed by atoms with Gasteiger partial charge in [0.2, 0.25) is 5.89 Å². The van der Waals surface area contributed by atoms with Crippen LogP contribution in [0.4, 0.5) is 0 Å². The van der Waals surface area contributed by atoms with Gasteiger partial charge in [0.15, 0.2) is 5.82 Å². The lowest BCUT2D eigenvalue weighted by Gasteiger charge is -2.14. The van der Waals surface area contributed by atoms with Crippen LogP contribution in [0.15, 0.2) is 65.3 Å². The van der Waals surface area contributed by atoms with E-state index in [1.54, 1.807) is 0 Å². The molecule has 0 N–H and O–H groups in total. The highest BCUT2D eigenvalue weighted by atomic mass is 35.5. The highest BCUT2D eigenvalue weighted by molar-refractivity contribution is 6.30. The summed E-state index contributed by atoms with van der Waals surface area (Å²) in [5, 5.41) is 9.61. The fourth-order valence-corrected chi connectivity index (χ4v) is 3.47. The second kappa shape index (κ2) is 9.24. The third-order valence-electron chi connectivity index (χ3n) is 4.76. The maximum Gasteiger partial charge on any atom is 0.240 e. The lowest BCUT2D eigenvalue weighted by Crippen LogP contribution is -2.17. The average molecular weight is 422 g/mol. The summed E-state index contributed by atoms with van der Waals surface area (Å²) < 4.78 is 7.31. The molecule has 2 aromatic heterocycles. The summed E-state index contributed by atoms with van der Waals surface area (Å²) in [6, 6.07) is 17.9. The fraction of sp³-hybridized carbons (Fsp3) is 0.261. The first-order valence-electron chi connectivity index (χ1n) is 10.0. The minimum Gasteiger partial charge on any atom is -0.338 e. The van der Waals surface area contributed by atoms with Crippen molar-refractivity contribution in [1.29, 1.82) is 0 Å². The van der Waals surface area contributed by atoms with Crippen molar-refractivity contribution in [1.82, 2.24) is 24.8 Å². The zero-order valence-electron chi connectivity index (χ0n) is 17.1. The van der Waals surface area contributed by atoms with Crippen molar-refractivity contribution in [2.75, 3.05) is 7.05 Å².